The van der Waals surface area contributed by atoms with Crippen molar-refractivity contribution in [3.8, 4) is 6.07 Å². The van der Waals surface area contributed by atoms with Gasteiger partial charge in [-0.05, 0) is 36.5 Å². The fourth-order valence-corrected chi connectivity index (χ4v) is 2.24. The fraction of sp³-hybridized carbons (Fsp3) is 0.500. The van der Waals surface area contributed by atoms with Gasteiger partial charge in [0, 0.05) is 6.04 Å². The molecular formula is C16H20N2O. The number of nitrogens with one attached hydrogen (secondary N) is 1. The lowest BCUT2D eigenvalue weighted by molar-refractivity contribution is -0.121. The van der Waals surface area contributed by atoms with Gasteiger partial charge in [0.15, 0.2) is 0 Å². The Bertz CT molecular complexity index is 469. The van der Waals surface area contributed by atoms with E-state index < -0.39 is 0 Å². The van der Waals surface area contributed by atoms with Crippen molar-refractivity contribution in [1.29, 1.82) is 5.26 Å². The van der Waals surface area contributed by atoms with E-state index in [0.29, 0.717) is 18.0 Å². The topological polar surface area (TPSA) is 52.9 Å². The van der Waals surface area contributed by atoms with Gasteiger partial charge in [-0.1, -0.05) is 31.9 Å². The molecule has 1 fully saturated rings. The lowest BCUT2D eigenvalue weighted by Crippen LogP contribution is -2.35. The number of hydrogen-bond donors (Lipinski definition) is 1. The molecule has 0 bridgehead atoms. The summed E-state index contributed by atoms with van der Waals surface area (Å²) in [5, 5.41) is 11.8. The van der Waals surface area contributed by atoms with E-state index in [1.54, 1.807) is 12.1 Å². The van der Waals surface area contributed by atoms with E-state index in [4.69, 9.17) is 5.26 Å². The van der Waals surface area contributed by atoms with Gasteiger partial charge in [0.1, 0.15) is 0 Å². The number of amides is 1. The first-order valence-corrected chi connectivity index (χ1v) is 6.99. The van der Waals surface area contributed by atoms with Crippen LogP contribution in [0.25, 0.3) is 0 Å². The first kappa shape index (κ1) is 13.6. The molecule has 1 saturated carbocycles. The van der Waals surface area contributed by atoms with Crippen molar-refractivity contribution >= 4 is 5.91 Å². The van der Waals surface area contributed by atoms with Crippen LogP contribution in [0.5, 0.6) is 0 Å². The Morgan fingerprint density at radius 3 is 2.63 bits per heavy atom. The Morgan fingerprint density at radius 2 is 2.11 bits per heavy atom. The molecule has 1 amide bonds. The van der Waals surface area contributed by atoms with E-state index in [2.05, 4.69) is 18.3 Å². The van der Waals surface area contributed by atoms with Crippen molar-refractivity contribution in [3.05, 3.63) is 35.4 Å². The monoisotopic (exact) mass is 256 g/mol. The van der Waals surface area contributed by atoms with Gasteiger partial charge in [-0.3, -0.25) is 4.79 Å². The summed E-state index contributed by atoms with van der Waals surface area (Å²) in [6, 6.07) is 9.60. The number of rotatable bonds is 6. The van der Waals surface area contributed by atoms with Crippen molar-refractivity contribution in [2.45, 2.75) is 45.1 Å². The van der Waals surface area contributed by atoms with Gasteiger partial charge < -0.3 is 5.32 Å². The Hall–Kier alpha value is -1.82. The Kier molecular flexibility index (Phi) is 4.57. The van der Waals surface area contributed by atoms with Crippen molar-refractivity contribution in [3.63, 3.8) is 0 Å². The van der Waals surface area contributed by atoms with Crippen LogP contribution in [0, 0.1) is 17.2 Å². The molecule has 0 spiro atoms. The molecule has 100 valence electrons. The number of hydrogen-bond acceptors (Lipinski definition) is 2. The lowest BCUT2D eigenvalue weighted by Gasteiger charge is -2.16. The van der Waals surface area contributed by atoms with E-state index in [-0.39, 0.29) is 5.91 Å². The molecule has 19 heavy (non-hydrogen) atoms. The zero-order chi connectivity index (χ0) is 13.7. The molecule has 1 atom stereocenters. The maximum absolute atomic E-state index is 12.0. The molecule has 3 nitrogen and oxygen atoms in total. The van der Waals surface area contributed by atoms with E-state index in [1.807, 2.05) is 12.1 Å². The Morgan fingerprint density at radius 1 is 1.42 bits per heavy atom. The number of carbonyl (C=O) groups excluding carboxylic acids is 1. The van der Waals surface area contributed by atoms with Gasteiger partial charge in [-0.15, -0.1) is 0 Å². The van der Waals surface area contributed by atoms with E-state index >= 15 is 0 Å². The summed E-state index contributed by atoms with van der Waals surface area (Å²) in [4.78, 5) is 12.0. The van der Waals surface area contributed by atoms with Gasteiger partial charge in [0.05, 0.1) is 18.1 Å². The van der Waals surface area contributed by atoms with Crippen molar-refractivity contribution < 1.29 is 4.79 Å². The van der Waals surface area contributed by atoms with Crippen molar-refractivity contribution in [2.75, 3.05) is 0 Å². The minimum absolute atomic E-state index is 0.0807. The molecule has 0 saturated heterocycles. The third-order valence-electron chi connectivity index (χ3n) is 3.62. The molecule has 2 rings (SSSR count). The third-order valence-corrected chi connectivity index (χ3v) is 3.62. The SMILES string of the molecule is CCC(CC1CC1)NC(=O)Cc1ccc(C#N)cc1. The number of benzene rings is 1. The predicted molar refractivity (Wildman–Crippen MR) is 74.4 cm³/mol. The second-order valence-corrected chi connectivity index (χ2v) is 5.34. The molecule has 0 aliphatic heterocycles. The summed E-state index contributed by atoms with van der Waals surface area (Å²) in [7, 11) is 0. The smallest absolute Gasteiger partial charge is 0.224 e. The predicted octanol–water partition coefficient (Wildman–Crippen LogP) is 2.80. The van der Waals surface area contributed by atoms with E-state index in [1.165, 1.54) is 12.8 Å². The maximum atomic E-state index is 12.0. The first-order valence-electron chi connectivity index (χ1n) is 6.99. The molecule has 1 aromatic carbocycles. The average Bonchev–Trinajstić information content (AvgIpc) is 3.22. The van der Waals surface area contributed by atoms with E-state index in [0.717, 1.165) is 24.3 Å². The van der Waals surface area contributed by atoms with Crippen LogP contribution >= 0.6 is 0 Å². The summed E-state index contributed by atoms with van der Waals surface area (Å²) in [6.07, 6.45) is 5.15. The number of nitriles is 1. The van der Waals surface area contributed by atoms with Gasteiger partial charge in [0.2, 0.25) is 5.91 Å². The minimum atomic E-state index is 0.0807. The summed E-state index contributed by atoms with van der Waals surface area (Å²) < 4.78 is 0. The summed E-state index contributed by atoms with van der Waals surface area (Å²) in [6.45, 7) is 2.12. The van der Waals surface area contributed by atoms with Crippen LogP contribution in [0.15, 0.2) is 24.3 Å². The normalized spacial score (nSPS) is 15.6. The Balaban J connectivity index is 1.83. The molecule has 3 heteroatoms. The highest BCUT2D eigenvalue weighted by atomic mass is 16.1. The first-order chi connectivity index (χ1) is 9.21. The maximum Gasteiger partial charge on any atom is 0.224 e. The molecule has 1 aliphatic rings. The third kappa shape index (κ3) is 4.40. The van der Waals surface area contributed by atoms with Crippen LogP contribution in [-0.2, 0) is 11.2 Å². The average molecular weight is 256 g/mol. The lowest BCUT2D eigenvalue weighted by atomic mass is 10.1. The quantitative estimate of drug-likeness (QED) is 0.851. The van der Waals surface area contributed by atoms with Crippen LogP contribution in [0.2, 0.25) is 0 Å². The molecule has 0 radical (unpaired) electrons. The van der Waals surface area contributed by atoms with Gasteiger partial charge in [-0.2, -0.15) is 5.26 Å². The van der Waals surface area contributed by atoms with Gasteiger partial charge in [-0.25, -0.2) is 0 Å². The second kappa shape index (κ2) is 6.38. The van der Waals surface area contributed by atoms with Crippen LogP contribution in [-0.4, -0.2) is 11.9 Å². The van der Waals surface area contributed by atoms with Crippen molar-refractivity contribution in [1.82, 2.24) is 5.32 Å². The standard InChI is InChI=1S/C16H20N2O/c1-2-15(9-12-3-4-12)18-16(19)10-13-5-7-14(11-17)8-6-13/h5-8,12,15H,2-4,9-10H2,1H3,(H,18,19). The number of carbonyl (C=O) groups is 1. The zero-order valence-electron chi connectivity index (χ0n) is 11.4. The van der Waals surface area contributed by atoms with Crippen LogP contribution < -0.4 is 5.32 Å². The molecule has 1 N–H and O–H groups in total. The molecule has 0 heterocycles. The zero-order valence-corrected chi connectivity index (χ0v) is 11.4. The molecule has 1 aliphatic carbocycles. The molecule has 1 aromatic rings. The molecule has 1 unspecified atom stereocenters. The fourth-order valence-electron chi connectivity index (χ4n) is 2.24. The Labute approximate surface area is 114 Å². The van der Waals surface area contributed by atoms with Gasteiger partial charge in [0.25, 0.3) is 0 Å². The number of nitrogens with zero attached hydrogens (tertiary/aromatic N) is 1. The summed E-state index contributed by atoms with van der Waals surface area (Å²) >= 11 is 0. The highest BCUT2D eigenvalue weighted by Crippen LogP contribution is 2.34. The summed E-state index contributed by atoms with van der Waals surface area (Å²) in [5.74, 6) is 0.914. The van der Waals surface area contributed by atoms with Crippen LogP contribution in [0.1, 0.15) is 43.7 Å². The van der Waals surface area contributed by atoms with Crippen LogP contribution in [0.3, 0.4) is 0 Å². The molecule has 0 aromatic heterocycles. The molecular weight excluding hydrogens is 236 g/mol. The largest absolute Gasteiger partial charge is 0.353 e. The van der Waals surface area contributed by atoms with Crippen LogP contribution in [0.4, 0.5) is 0 Å². The highest BCUT2D eigenvalue weighted by molar-refractivity contribution is 5.78. The summed E-state index contributed by atoms with van der Waals surface area (Å²) in [5.41, 5.74) is 1.59. The van der Waals surface area contributed by atoms with Gasteiger partial charge >= 0.3 is 0 Å². The van der Waals surface area contributed by atoms with E-state index in [9.17, 15) is 4.79 Å². The highest BCUT2D eigenvalue weighted by Gasteiger charge is 2.25. The minimum Gasteiger partial charge on any atom is -0.353 e. The second-order valence-electron chi connectivity index (χ2n) is 5.34. The van der Waals surface area contributed by atoms with Crippen molar-refractivity contribution in [2.24, 2.45) is 5.92 Å².